The molecule has 1 aromatic rings. The van der Waals surface area contributed by atoms with Crippen molar-refractivity contribution in [2.45, 2.75) is 38.8 Å². The summed E-state index contributed by atoms with van der Waals surface area (Å²) in [5.74, 6) is 0.490. The molecule has 0 radical (unpaired) electrons. The van der Waals surface area contributed by atoms with Gasteiger partial charge in [0.2, 0.25) is 5.91 Å². The molecule has 0 bridgehead atoms. The van der Waals surface area contributed by atoms with E-state index in [4.69, 9.17) is 4.74 Å². The summed E-state index contributed by atoms with van der Waals surface area (Å²) in [5, 5.41) is 12.8. The number of aliphatic hydroxyl groups is 1. The van der Waals surface area contributed by atoms with Crippen molar-refractivity contribution in [3.63, 3.8) is 0 Å². The first kappa shape index (κ1) is 16.2. The van der Waals surface area contributed by atoms with Gasteiger partial charge in [0.15, 0.2) is 0 Å². The van der Waals surface area contributed by atoms with Crippen molar-refractivity contribution >= 4 is 12.0 Å². The van der Waals surface area contributed by atoms with E-state index in [1.165, 1.54) is 6.08 Å². The molecule has 0 heterocycles. The van der Waals surface area contributed by atoms with Crippen LogP contribution in [0.4, 0.5) is 0 Å². The van der Waals surface area contributed by atoms with Gasteiger partial charge in [0.1, 0.15) is 5.75 Å². The lowest BCUT2D eigenvalue weighted by molar-refractivity contribution is -0.121. The van der Waals surface area contributed by atoms with E-state index in [0.717, 1.165) is 11.3 Å². The Morgan fingerprint density at radius 3 is 2.50 bits per heavy atom. The molecule has 110 valence electrons. The van der Waals surface area contributed by atoms with Crippen molar-refractivity contribution in [3.05, 3.63) is 35.9 Å². The highest BCUT2D eigenvalue weighted by Gasteiger charge is 2.35. The zero-order valence-electron chi connectivity index (χ0n) is 12.7. The van der Waals surface area contributed by atoms with Crippen LogP contribution in [0.1, 0.15) is 33.3 Å². The summed E-state index contributed by atoms with van der Waals surface area (Å²) in [7, 11) is 1.60. The number of carbonyl (C=O) groups is 1. The summed E-state index contributed by atoms with van der Waals surface area (Å²) in [4.78, 5) is 11.9. The molecule has 0 fully saturated rings. The Morgan fingerprint density at radius 1 is 1.30 bits per heavy atom. The van der Waals surface area contributed by atoms with Crippen LogP contribution in [0.15, 0.2) is 30.3 Å². The van der Waals surface area contributed by atoms with Gasteiger partial charge in [-0.1, -0.05) is 12.1 Å². The Bertz CT molecular complexity index is 499. The molecule has 0 aliphatic carbocycles. The van der Waals surface area contributed by atoms with Gasteiger partial charge in [0.25, 0.3) is 0 Å². The quantitative estimate of drug-likeness (QED) is 0.812. The lowest BCUT2D eigenvalue weighted by atomic mass is 9.86. The predicted octanol–water partition coefficient (Wildman–Crippen LogP) is 2.37. The molecule has 4 nitrogen and oxygen atoms in total. The molecular weight excluding hydrogens is 254 g/mol. The lowest BCUT2D eigenvalue weighted by Gasteiger charge is -2.37. The van der Waals surface area contributed by atoms with Crippen molar-refractivity contribution in [3.8, 4) is 5.75 Å². The monoisotopic (exact) mass is 277 g/mol. The normalized spacial score (nSPS) is 12.5. The molecule has 20 heavy (non-hydrogen) atoms. The Morgan fingerprint density at radius 2 is 1.95 bits per heavy atom. The molecule has 0 unspecified atom stereocenters. The fourth-order valence-electron chi connectivity index (χ4n) is 1.42. The van der Waals surface area contributed by atoms with Gasteiger partial charge < -0.3 is 15.2 Å². The van der Waals surface area contributed by atoms with Gasteiger partial charge in [-0.15, -0.1) is 0 Å². The first-order chi connectivity index (χ1) is 9.15. The van der Waals surface area contributed by atoms with Crippen LogP contribution in [0.2, 0.25) is 0 Å². The third-order valence-corrected chi connectivity index (χ3v) is 3.49. The van der Waals surface area contributed by atoms with Crippen LogP contribution in [0.3, 0.4) is 0 Å². The highest BCUT2D eigenvalue weighted by Crippen LogP contribution is 2.20. The average molecular weight is 277 g/mol. The van der Waals surface area contributed by atoms with E-state index in [1.54, 1.807) is 40.9 Å². The summed E-state index contributed by atoms with van der Waals surface area (Å²) in [5.41, 5.74) is -0.851. The first-order valence-corrected chi connectivity index (χ1v) is 6.52. The van der Waals surface area contributed by atoms with Gasteiger partial charge in [0.05, 0.1) is 18.2 Å². The zero-order chi connectivity index (χ0) is 15.4. The van der Waals surface area contributed by atoms with Crippen LogP contribution in [-0.2, 0) is 4.79 Å². The van der Waals surface area contributed by atoms with Gasteiger partial charge in [-0.2, -0.15) is 0 Å². The van der Waals surface area contributed by atoms with E-state index in [2.05, 4.69) is 5.32 Å². The fraction of sp³-hybridized carbons (Fsp3) is 0.438. The largest absolute Gasteiger partial charge is 0.497 e. The number of carbonyl (C=O) groups excluding carboxylic acids is 1. The first-order valence-electron chi connectivity index (χ1n) is 6.52. The van der Waals surface area contributed by atoms with Crippen LogP contribution < -0.4 is 10.1 Å². The number of hydrogen-bond donors (Lipinski definition) is 2. The highest BCUT2D eigenvalue weighted by molar-refractivity contribution is 5.92. The summed E-state index contributed by atoms with van der Waals surface area (Å²) < 4.78 is 5.12. The minimum absolute atomic E-state index is 0.250. The topological polar surface area (TPSA) is 58.6 Å². The van der Waals surface area contributed by atoms with Crippen molar-refractivity contribution in [2.24, 2.45) is 0 Å². The van der Waals surface area contributed by atoms with Gasteiger partial charge in [-0.25, -0.2) is 0 Å². The number of amides is 1. The molecule has 0 saturated carbocycles. The molecule has 0 spiro atoms. The molecule has 2 N–H and O–H groups in total. The number of methoxy groups -OCH3 is 1. The minimum atomic E-state index is -1.01. The molecule has 0 aliphatic rings. The van der Waals surface area contributed by atoms with E-state index >= 15 is 0 Å². The molecule has 1 rings (SSSR count). The number of rotatable bonds is 5. The second kappa shape index (κ2) is 6.09. The SMILES string of the molecule is COc1cccc(/C=C/C(=O)NC(C)(C)C(C)(C)O)c1. The van der Waals surface area contributed by atoms with Gasteiger partial charge in [-0.3, -0.25) is 4.79 Å². The number of ether oxygens (including phenoxy) is 1. The molecule has 0 aliphatic heterocycles. The van der Waals surface area contributed by atoms with Gasteiger partial charge in [-0.05, 0) is 51.5 Å². The standard InChI is InChI=1S/C16H23NO3/c1-15(2,16(3,4)19)17-14(18)10-9-12-7-6-8-13(11-12)20-5/h6-11,19H,1-5H3,(H,17,18)/b10-9+. The van der Waals surface area contributed by atoms with Gasteiger partial charge >= 0.3 is 0 Å². The van der Waals surface area contributed by atoms with E-state index in [9.17, 15) is 9.90 Å². The average Bonchev–Trinajstić information content (AvgIpc) is 2.35. The molecular formula is C16H23NO3. The Kier molecular flexibility index (Phi) is 4.95. The molecule has 1 aromatic carbocycles. The highest BCUT2D eigenvalue weighted by atomic mass is 16.5. The summed E-state index contributed by atoms with van der Waals surface area (Å²) in [6.45, 7) is 6.90. The number of hydrogen-bond acceptors (Lipinski definition) is 3. The molecule has 1 amide bonds. The second-order valence-electron chi connectivity index (χ2n) is 5.78. The lowest BCUT2D eigenvalue weighted by Crippen LogP contribution is -2.57. The van der Waals surface area contributed by atoms with E-state index in [0.29, 0.717) is 0 Å². The fourth-order valence-corrected chi connectivity index (χ4v) is 1.42. The van der Waals surface area contributed by atoms with Crippen LogP contribution in [-0.4, -0.2) is 29.3 Å². The summed E-state index contributed by atoms with van der Waals surface area (Å²) in [6, 6.07) is 7.42. The maximum atomic E-state index is 11.9. The van der Waals surface area contributed by atoms with Gasteiger partial charge in [0, 0.05) is 6.08 Å². The molecule has 0 saturated heterocycles. The number of benzene rings is 1. The number of nitrogens with one attached hydrogen (secondary N) is 1. The molecule has 0 atom stereocenters. The van der Waals surface area contributed by atoms with E-state index in [-0.39, 0.29) is 5.91 Å². The van der Waals surface area contributed by atoms with Crippen molar-refractivity contribution < 1.29 is 14.6 Å². The van der Waals surface area contributed by atoms with Crippen molar-refractivity contribution in [1.82, 2.24) is 5.32 Å². The van der Waals surface area contributed by atoms with Crippen molar-refractivity contribution in [1.29, 1.82) is 0 Å². The second-order valence-corrected chi connectivity index (χ2v) is 5.78. The summed E-state index contributed by atoms with van der Waals surface area (Å²) in [6.07, 6.45) is 3.15. The maximum Gasteiger partial charge on any atom is 0.244 e. The van der Waals surface area contributed by atoms with Crippen molar-refractivity contribution in [2.75, 3.05) is 7.11 Å². The van der Waals surface area contributed by atoms with Crippen LogP contribution >= 0.6 is 0 Å². The van der Waals surface area contributed by atoms with E-state index in [1.807, 2.05) is 24.3 Å². The maximum absolute atomic E-state index is 11.9. The third kappa shape index (κ3) is 4.38. The Hall–Kier alpha value is -1.81. The molecule has 0 aromatic heterocycles. The molecule has 4 heteroatoms. The predicted molar refractivity (Wildman–Crippen MR) is 80.5 cm³/mol. The minimum Gasteiger partial charge on any atom is -0.497 e. The van der Waals surface area contributed by atoms with Crippen LogP contribution in [0.25, 0.3) is 6.08 Å². The zero-order valence-corrected chi connectivity index (χ0v) is 12.7. The Balaban J connectivity index is 2.73. The Labute approximate surface area is 120 Å². The van der Waals surface area contributed by atoms with E-state index < -0.39 is 11.1 Å². The smallest absolute Gasteiger partial charge is 0.244 e. The van der Waals surface area contributed by atoms with Crippen LogP contribution in [0, 0.1) is 0 Å². The summed E-state index contributed by atoms with van der Waals surface area (Å²) >= 11 is 0. The van der Waals surface area contributed by atoms with Crippen LogP contribution in [0.5, 0.6) is 5.75 Å². The third-order valence-electron chi connectivity index (χ3n) is 3.49.